The highest BCUT2D eigenvalue weighted by Crippen LogP contribution is 2.16. The van der Waals surface area contributed by atoms with Gasteiger partial charge in [-0.15, -0.1) is 0 Å². The van der Waals surface area contributed by atoms with E-state index in [4.69, 9.17) is 16.7 Å². The highest BCUT2D eigenvalue weighted by atomic mass is 35.5. The number of benzene rings is 1. The summed E-state index contributed by atoms with van der Waals surface area (Å²) in [7, 11) is 0. The van der Waals surface area contributed by atoms with Crippen LogP contribution in [0.1, 0.15) is 0 Å². The predicted octanol–water partition coefficient (Wildman–Crippen LogP) is 2.40. The molecule has 0 aliphatic carbocycles. The fourth-order valence-electron chi connectivity index (χ4n) is 0.631. The quantitative estimate of drug-likeness (QED) is 0.523. The van der Waals surface area contributed by atoms with Crippen molar-refractivity contribution in [1.82, 2.24) is 0 Å². The van der Waals surface area contributed by atoms with Crippen LogP contribution in [0.5, 0.6) is 5.75 Å². The Morgan fingerprint density at radius 1 is 1.55 bits per heavy atom. The highest BCUT2D eigenvalue weighted by molar-refractivity contribution is 6.30. The Morgan fingerprint density at radius 3 is 2.82 bits per heavy atom. The minimum atomic E-state index is -1.34. The monoisotopic (exact) mass is 172 g/mol. The van der Waals surface area contributed by atoms with Gasteiger partial charge in [0.25, 0.3) is 0 Å². The first-order chi connectivity index (χ1) is 5.18. The van der Waals surface area contributed by atoms with Crippen LogP contribution in [0.3, 0.4) is 0 Å². The smallest absolute Gasteiger partial charge is 0.449 e. The summed E-state index contributed by atoms with van der Waals surface area (Å²) < 4.78 is 4.33. The largest absolute Gasteiger partial charge is 0.511 e. The molecule has 0 unspecified atom stereocenters. The van der Waals surface area contributed by atoms with Gasteiger partial charge in [-0.25, -0.2) is 4.79 Å². The van der Waals surface area contributed by atoms with E-state index in [1.807, 2.05) is 0 Å². The van der Waals surface area contributed by atoms with Crippen molar-refractivity contribution in [2.24, 2.45) is 0 Å². The van der Waals surface area contributed by atoms with Gasteiger partial charge in [-0.1, -0.05) is 17.7 Å². The summed E-state index contributed by atoms with van der Waals surface area (Å²) in [6.07, 6.45) is -1.34. The second-order valence-electron chi connectivity index (χ2n) is 1.83. The van der Waals surface area contributed by atoms with Crippen molar-refractivity contribution in [1.29, 1.82) is 0 Å². The molecule has 0 saturated heterocycles. The molecule has 1 aromatic carbocycles. The van der Waals surface area contributed by atoms with Crippen molar-refractivity contribution in [3.63, 3.8) is 0 Å². The van der Waals surface area contributed by atoms with Crippen molar-refractivity contribution in [3.05, 3.63) is 29.3 Å². The van der Waals surface area contributed by atoms with E-state index in [-0.39, 0.29) is 5.75 Å². The summed E-state index contributed by atoms with van der Waals surface area (Å²) in [5, 5.41) is 8.64. The summed E-state index contributed by atoms with van der Waals surface area (Å²) in [5.41, 5.74) is 0. The van der Waals surface area contributed by atoms with Gasteiger partial charge in [-0.3, -0.25) is 0 Å². The maximum Gasteiger partial charge on any atom is 0.511 e. The van der Waals surface area contributed by atoms with Gasteiger partial charge in [0.05, 0.1) is 0 Å². The SMILES string of the molecule is O=C(O)Oc1cccc(Cl)c1. The first-order valence-electron chi connectivity index (χ1n) is 2.85. The van der Waals surface area contributed by atoms with Gasteiger partial charge >= 0.3 is 6.16 Å². The van der Waals surface area contributed by atoms with E-state index < -0.39 is 6.16 Å². The van der Waals surface area contributed by atoms with E-state index in [2.05, 4.69) is 4.74 Å². The van der Waals surface area contributed by atoms with Crippen molar-refractivity contribution in [2.75, 3.05) is 0 Å². The van der Waals surface area contributed by atoms with E-state index in [1.165, 1.54) is 12.1 Å². The maximum atomic E-state index is 10.0. The molecule has 0 aliphatic heterocycles. The lowest BCUT2D eigenvalue weighted by molar-refractivity contribution is 0.144. The van der Waals surface area contributed by atoms with Gasteiger partial charge in [-0.05, 0) is 18.2 Å². The van der Waals surface area contributed by atoms with Gasteiger partial charge in [0, 0.05) is 5.02 Å². The topological polar surface area (TPSA) is 46.5 Å². The molecule has 0 saturated carbocycles. The van der Waals surface area contributed by atoms with Gasteiger partial charge in [-0.2, -0.15) is 0 Å². The summed E-state index contributed by atoms with van der Waals surface area (Å²) in [5.74, 6) is 0.227. The zero-order valence-corrected chi connectivity index (χ0v) is 6.21. The Bertz CT molecular complexity index is 272. The molecule has 4 heteroatoms. The minimum absolute atomic E-state index is 0.227. The van der Waals surface area contributed by atoms with Crippen LogP contribution in [-0.4, -0.2) is 11.3 Å². The predicted molar refractivity (Wildman–Crippen MR) is 40.1 cm³/mol. The van der Waals surface area contributed by atoms with Crippen molar-refractivity contribution in [2.45, 2.75) is 0 Å². The van der Waals surface area contributed by atoms with Crippen LogP contribution < -0.4 is 4.74 Å². The molecule has 58 valence electrons. The lowest BCUT2D eigenvalue weighted by Crippen LogP contribution is -2.02. The summed E-state index contributed by atoms with van der Waals surface area (Å²) in [6.45, 7) is 0. The fourth-order valence-corrected chi connectivity index (χ4v) is 0.812. The van der Waals surface area contributed by atoms with Crippen LogP contribution >= 0.6 is 11.6 Å². The molecule has 3 nitrogen and oxygen atoms in total. The average molecular weight is 173 g/mol. The number of hydrogen-bond donors (Lipinski definition) is 1. The first kappa shape index (κ1) is 7.88. The van der Waals surface area contributed by atoms with E-state index in [1.54, 1.807) is 12.1 Å². The molecule has 0 atom stereocenters. The zero-order valence-electron chi connectivity index (χ0n) is 5.45. The molecular formula is C7H5ClO3. The Morgan fingerprint density at radius 2 is 2.27 bits per heavy atom. The molecule has 1 aromatic rings. The van der Waals surface area contributed by atoms with E-state index >= 15 is 0 Å². The maximum absolute atomic E-state index is 10.0. The molecule has 0 heterocycles. The van der Waals surface area contributed by atoms with Gasteiger partial charge in [0.15, 0.2) is 0 Å². The Labute approximate surface area is 68.2 Å². The Hall–Kier alpha value is -1.22. The third-order valence-corrected chi connectivity index (χ3v) is 1.24. The van der Waals surface area contributed by atoms with Crippen LogP contribution in [0.15, 0.2) is 24.3 Å². The van der Waals surface area contributed by atoms with E-state index in [0.717, 1.165) is 0 Å². The molecule has 0 aliphatic rings. The second kappa shape index (κ2) is 3.25. The number of rotatable bonds is 1. The first-order valence-corrected chi connectivity index (χ1v) is 3.22. The molecular weight excluding hydrogens is 168 g/mol. The van der Waals surface area contributed by atoms with Crippen molar-refractivity contribution < 1.29 is 14.6 Å². The summed E-state index contributed by atoms with van der Waals surface area (Å²) in [4.78, 5) is 10.0. The summed E-state index contributed by atoms with van der Waals surface area (Å²) in [6, 6.07) is 6.19. The lowest BCUT2D eigenvalue weighted by atomic mass is 10.3. The number of carboxylic acid groups (broad SMARTS) is 1. The fraction of sp³-hybridized carbons (Fsp3) is 0. The van der Waals surface area contributed by atoms with Crippen LogP contribution in [0, 0.1) is 0 Å². The normalized spacial score (nSPS) is 9.18. The van der Waals surface area contributed by atoms with Crippen LogP contribution in [0.25, 0.3) is 0 Å². The minimum Gasteiger partial charge on any atom is -0.449 e. The van der Waals surface area contributed by atoms with E-state index in [0.29, 0.717) is 5.02 Å². The van der Waals surface area contributed by atoms with Gasteiger partial charge in [0.1, 0.15) is 5.75 Å². The van der Waals surface area contributed by atoms with Crippen LogP contribution in [-0.2, 0) is 0 Å². The molecule has 0 spiro atoms. The molecule has 1 rings (SSSR count). The highest BCUT2D eigenvalue weighted by Gasteiger charge is 1.99. The third-order valence-electron chi connectivity index (χ3n) is 1.00. The Balaban J connectivity index is 2.79. The number of halogens is 1. The van der Waals surface area contributed by atoms with Crippen LogP contribution in [0.2, 0.25) is 5.02 Å². The van der Waals surface area contributed by atoms with Crippen molar-refractivity contribution in [3.8, 4) is 5.75 Å². The van der Waals surface area contributed by atoms with E-state index in [9.17, 15) is 4.79 Å². The number of hydrogen-bond acceptors (Lipinski definition) is 2. The van der Waals surface area contributed by atoms with Gasteiger partial charge < -0.3 is 9.84 Å². The van der Waals surface area contributed by atoms with Crippen LogP contribution in [0.4, 0.5) is 4.79 Å². The number of carbonyl (C=O) groups is 1. The molecule has 0 aromatic heterocycles. The molecule has 0 amide bonds. The van der Waals surface area contributed by atoms with Crippen molar-refractivity contribution >= 4 is 17.8 Å². The zero-order chi connectivity index (χ0) is 8.27. The third kappa shape index (κ3) is 2.47. The molecule has 0 bridgehead atoms. The molecule has 11 heavy (non-hydrogen) atoms. The number of ether oxygens (including phenoxy) is 1. The van der Waals surface area contributed by atoms with Gasteiger partial charge in [0.2, 0.25) is 0 Å². The lowest BCUT2D eigenvalue weighted by Gasteiger charge is -1.97. The second-order valence-corrected chi connectivity index (χ2v) is 2.26. The molecule has 1 N–H and O–H groups in total. The average Bonchev–Trinajstić information content (AvgIpc) is 1.85. The molecule has 0 fully saturated rings. The Kier molecular flexibility index (Phi) is 2.33. The molecule has 0 radical (unpaired) electrons. The summed E-state index contributed by atoms with van der Waals surface area (Å²) >= 11 is 5.56. The standard InChI is InChI=1S/C7H5ClO3/c8-5-2-1-3-6(4-5)11-7(9)10/h1-4H,(H,9,10).